The second kappa shape index (κ2) is 3.59. The minimum Gasteiger partial charge on any atom is -0.491 e. The van der Waals surface area contributed by atoms with E-state index in [2.05, 4.69) is 9.63 Å². The zero-order valence-electron chi connectivity index (χ0n) is 7.62. The molecule has 2 rings (SSSR count). The predicted octanol–water partition coefficient (Wildman–Crippen LogP) is 1.51. The van der Waals surface area contributed by atoms with Gasteiger partial charge in [-0.3, -0.25) is 4.55 Å². The van der Waals surface area contributed by atoms with E-state index in [-0.39, 0.29) is 0 Å². The number of benzene rings is 1. The van der Waals surface area contributed by atoms with E-state index in [9.17, 15) is 8.42 Å². The SMILES string of the molecule is O=S(=O)(O)/N=N/c1cccc2c1OCC2. The fourth-order valence-corrected chi connectivity index (χ4v) is 1.56. The highest BCUT2D eigenvalue weighted by atomic mass is 32.2. The van der Waals surface area contributed by atoms with Crippen molar-refractivity contribution in [2.45, 2.75) is 6.42 Å². The molecule has 0 aliphatic carbocycles. The number of para-hydroxylation sites is 1. The maximum absolute atomic E-state index is 10.4. The van der Waals surface area contributed by atoms with Crippen molar-refractivity contribution < 1.29 is 17.7 Å². The third kappa shape index (κ3) is 2.31. The summed E-state index contributed by atoms with van der Waals surface area (Å²) in [5.41, 5.74) is 1.27. The van der Waals surface area contributed by atoms with Crippen LogP contribution in [0.2, 0.25) is 0 Å². The van der Waals surface area contributed by atoms with E-state index in [0.717, 1.165) is 12.0 Å². The number of ether oxygens (including phenoxy) is 1. The number of rotatable bonds is 2. The average molecular weight is 228 g/mol. The van der Waals surface area contributed by atoms with E-state index in [1.54, 1.807) is 12.1 Å². The second-order valence-electron chi connectivity index (χ2n) is 2.99. The first-order chi connectivity index (χ1) is 7.06. The minimum atomic E-state index is -4.44. The molecule has 6 nitrogen and oxygen atoms in total. The lowest BCUT2D eigenvalue weighted by Crippen LogP contribution is -1.89. The summed E-state index contributed by atoms with van der Waals surface area (Å²) in [7, 11) is -4.44. The minimum absolute atomic E-state index is 0.308. The number of hydrogen-bond acceptors (Lipinski definition) is 4. The van der Waals surface area contributed by atoms with Crippen LogP contribution < -0.4 is 4.74 Å². The van der Waals surface area contributed by atoms with Gasteiger partial charge in [0, 0.05) is 6.42 Å². The van der Waals surface area contributed by atoms with Crippen LogP contribution in [0.1, 0.15) is 5.56 Å². The lowest BCUT2D eigenvalue weighted by Gasteiger charge is -2.00. The largest absolute Gasteiger partial charge is 0.491 e. The van der Waals surface area contributed by atoms with Gasteiger partial charge in [-0.05, 0) is 16.1 Å². The molecule has 1 aromatic carbocycles. The molecule has 7 heteroatoms. The summed E-state index contributed by atoms with van der Waals surface area (Å²) in [6, 6.07) is 5.17. The van der Waals surface area contributed by atoms with Gasteiger partial charge in [-0.25, -0.2) is 0 Å². The van der Waals surface area contributed by atoms with Crippen LogP contribution in [0.25, 0.3) is 0 Å². The Labute approximate surface area is 86.5 Å². The van der Waals surface area contributed by atoms with Gasteiger partial charge in [0.15, 0.2) is 0 Å². The first kappa shape index (κ1) is 10.1. The van der Waals surface area contributed by atoms with Crippen LogP contribution in [0.3, 0.4) is 0 Å². The zero-order valence-corrected chi connectivity index (χ0v) is 8.44. The third-order valence-electron chi connectivity index (χ3n) is 1.95. The molecule has 1 aromatic rings. The first-order valence-electron chi connectivity index (χ1n) is 4.21. The molecule has 0 atom stereocenters. The summed E-state index contributed by atoms with van der Waals surface area (Å²) in [5, 5.41) is 3.41. The molecular weight excluding hydrogens is 220 g/mol. The summed E-state index contributed by atoms with van der Waals surface area (Å²) in [4.78, 5) is 0. The molecule has 0 spiro atoms. The molecule has 0 saturated heterocycles. The van der Waals surface area contributed by atoms with Gasteiger partial charge in [0.1, 0.15) is 11.4 Å². The van der Waals surface area contributed by atoms with E-state index >= 15 is 0 Å². The predicted molar refractivity (Wildman–Crippen MR) is 51.7 cm³/mol. The monoisotopic (exact) mass is 228 g/mol. The van der Waals surface area contributed by atoms with Gasteiger partial charge in [-0.15, -0.1) is 5.11 Å². The van der Waals surface area contributed by atoms with Crippen molar-refractivity contribution in [2.24, 2.45) is 9.63 Å². The fourth-order valence-electron chi connectivity index (χ4n) is 1.37. The number of hydrogen-bond donors (Lipinski definition) is 1. The number of fused-ring (bicyclic) bond motifs is 1. The Hall–Kier alpha value is -1.47. The molecule has 1 aliphatic rings. The van der Waals surface area contributed by atoms with Crippen molar-refractivity contribution in [3.8, 4) is 5.75 Å². The molecule has 0 unspecified atom stereocenters. The van der Waals surface area contributed by atoms with Gasteiger partial charge in [0.2, 0.25) is 0 Å². The molecule has 1 heterocycles. The highest BCUT2D eigenvalue weighted by Crippen LogP contribution is 2.35. The maximum atomic E-state index is 10.4. The van der Waals surface area contributed by atoms with E-state index < -0.39 is 10.3 Å². The van der Waals surface area contributed by atoms with Gasteiger partial charge in [-0.2, -0.15) is 8.42 Å². The van der Waals surface area contributed by atoms with Crippen molar-refractivity contribution in [1.29, 1.82) is 0 Å². The van der Waals surface area contributed by atoms with Crippen molar-refractivity contribution in [1.82, 2.24) is 0 Å². The quantitative estimate of drug-likeness (QED) is 0.613. The molecule has 1 N–H and O–H groups in total. The van der Waals surface area contributed by atoms with Crippen LogP contribution in [0.4, 0.5) is 5.69 Å². The summed E-state index contributed by atoms with van der Waals surface area (Å²) in [6.45, 7) is 0.549. The van der Waals surface area contributed by atoms with Gasteiger partial charge in [0.05, 0.1) is 6.61 Å². The number of nitrogens with zero attached hydrogens (tertiary/aromatic N) is 2. The van der Waals surface area contributed by atoms with Gasteiger partial charge >= 0.3 is 10.3 Å². The van der Waals surface area contributed by atoms with Crippen LogP contribution >= 0.6 is 0 Å². The molecular formula is C8H8N2O4S. The van der Waals surface area contributed by atoms with Crippen LogP contribution in [-0.4, -0.2) is 19.6 Å². The summed E-state index contributed by atoms with van der Waals surface area (Å²) < 4.78 is 37.2. The highest BCUT2D eigenvalue weighted by Gasteiger charge is 2.15. The molecule has 0 fully saturated rings. The molecule has 1 aliphatic heterocycles. The normalized spacial score (nSPS) is 15.3. The van der Waals surface area contributed by atoms with Gasteiger partial charge < -0.3 is 4.74 Å². The van der Waals surface area contributed by atoms with Crippen LogP contribution in [-0.2, 0) is 16.7 Å². The van der Waals surface area contributed by atoms with Crippen LogP contribution in [0, 0.1) is 0 Å². The average Bonchev–Trinajstić information content (AvgIpc) is 2.61. The Morgan fingerprint density at radius 3 is 2.93 bits per heavy atom. The van der Waals surface area contributed by atoms with Crippen molar-refractivity contribution in [2.75, 3.05) is 6.61 Å². The van der Waals surface area contributed by atoms with Crippen molar-refractivity contribution in [3.63, 3.8) is 0 Å². The standard InChI is InChI=1S/C8H8N2O4S/c11-15(12,13)10-9-7-3-1-2-6-4-5-14-8(6)7/h1-3H,4-5H2,(H,11,12,13)/b10-9+. The molecule has 0 bridgehead atoms. The second-order valence-corrected chi connectivity index (χ2v) is 4.05. The van der Waals surface area contributed by atoms with Gasteiger partial charge in [0.25, 0.3) is 0 Å². The topological polar surface area (TPSA) is 88.3 Å². The molecule has 0 amide bonds. The first-order valence-corrected chi connectivity index (χ1v) is 5.61. The maximum Gasteiger partial charge on any atom is 0.396 e. The molecule has 80 valence electrons. The lowest BCUT2D eigenvalue weighted by atomic mass is 10.1. The Morgan fingerprint density at radius 2 is 2.20 bits per heavy atom. The summed E-state index contributed by atoms with van der Waals surface area (Å²) >= 11 is 0. The fraction of sp³-hybridized carbons (Fsp3) is 0.250. The van der Waals surface area contributed by atoms with Crippen LogP contribution in [0.15, 0.2) is 27.8 Å². The van der Waals surface area contributed by atoms with E-state index in [1.165, 1.54) is 0 Å². The van der Waals surface area contributed by atoms with E-state index in [1.807, 2.05) is 6.07 Å². The lowest BCUT2D eigenvalue weighted by molar-refractivity contribution is 0.357. The van der Waals surface area contributed by atoms with Crippen molar-refractivity contribution in [3.05, 3.63) is 23.8 Å². The molecule has 0 saturated carbocycles. The Bertz CT molecular complexity index is 509. The van der Waals surface area contributed by atoms with Crippen LogP contribution in [0.5, 0.6) is 5.75 Å². The Kier molecular flexibility index (Phi) is 2.41. The van der Waals surface area contributed by atoms with Crippen molar-refractivity contribution >= 4 is 16.0 Å². The van der Waals surface area contributed by atoms with Gasteiger partial charge in [-0.1, -0.05) is 12.1 Å². The summed E-state index contributed by atoms with van der Waals surface area (Å²) in [6.07, 6.45) is 0.768. The van der Waals surface area contributed by atoms with E-state index in [4.69, 9.17) is 9.29 Å². The van der Waals surface area contributed by atoms with E-state index in [0.29, 0.717) is 18.0 Å². The molecule has 0 radical (unpaired) electrons. The highest BCUT2D eigenvalue weighted by molar-refractivity contribution is 7.84. The third-order valence-corrected chi connectivity index (χ3v) is 2.23. The Balaban J connectivity index is 2.38. The molecule has 0 aromatic heterocycles. The zero-order chi connectivity index (χ0) is 10.9. The Morgan fingerprint density at radius 1 is 1.40 bits per heavy atom. The summed E-state index contributed by atoms with van der Waals surface area (Å²) in [5.74, 6) is 0.532. The molecule has 15 heavy (non-hydrogen) atoms. The smallest absolute Gasteiger partial charge is 0.396 e.